The number of sulfonamides is 1. The molecule has 0 bridgehead atoms. The first kappa shape index (κ1) is 19.9. The summed E-state index contributed by atoms with van der Waals surface area (Å²) in [4.78, 5) is 12.7. The van der Waals surface area contributed by atoms with Crippen LogP contribution in [0.25, 0.3) is 0 Å². The second-order valence-electron chi connectivity index (χ2n) is 6.47. The lowest BCUT2D eigenvalue weighted by Crippen LogP contribution is -2.44. The molecule has 1 amide bonds. The maximum atomic E-state index is 12.5. The monoisotopic (exact) mass is 367 g/mol. The molecule has 6 nitrogen and oxygen atoms in total. The van der Waals surface area contributed by atoms with Crippen LogP contribution in [0.4, 0.5) is 0 Å². The van der Waals surface area contributed by atoms with Crippen molar-refractivity contribution >= 4 is 15.9 Å². The molecule has 2 rings (SSSR count). The minimum absolute atomic E-state index is 0.102. The summed E-state index contributed by atoms with van der Waals surface area (Å²) < 4.78 is 26.4. The van der Waals surface area contributed by atoms with Gasteiger partial charge in [-0.2, -0.15) is 4.31 Å². The number of carbonyl (C=O) groups is 1. The lowest BCUT2D eigenvalue weighted by Gasteiger charge is -2.31. The summed E-state index contributed by atoms with van der Waals surface area (Å²) in [6.07, 6.45) is 4.25. The molecule has 25 heavy (non-hydrogen) atoms. The summed E-state index contributed by atoms with van der Waals surface area (Å²) in [6, 6.07) is 6.26. The summed E-state index contributed by atoms with van der Waals surface area (Å²) in [5.74, 6) is 0.150. The molecule has 1 saturated carbocycles. The highest BCUT2D eigenvalue weighted by Crippen LogP contribution is 2.24. The lowest BCUT2D eigenvalue weighted by molar-refractivity contribution is 0.0908. The van der Waals surface area contributed by atoms with Crippen molar-refractivity contribution in [2.45, 2.75) is 50.5 Å². The Labute approximate surface area is 150 Å². The molecule has 1 fully saturated rings. The fourth-order valence-corrected chi connectivity index (χ4v) is 4.88. The number of nitrogens with two attached hydrogens (primary N) is 1. The largest absolute Gasteiger partial charge is 0.349 e. The number of amides is 1. The summed E-state index contributed by atoms with van der Waals surface area (Å²) in [5.41, 5.74) is 6.28. The normalized spacial score (nSPS) is 21.3. The Morgan fingerprint density at radius 1 is 1.16 bits per heavy atom. The smallest absolute Gasteiger partial charge is 0.251 e. The van der Waals surface area contributed by atoms with Gasteiger partial charge in [0.1, 0.15) is 0 Å². The van der Waals surface area contributed by atoms with Crippen molar-refractivity contribution < 1.29 is 13.2 Å². The highest BCUT2D eigenvalue weighted by atomic mass is 32.2. The third-order valence-electron chi connectivity index (χ3n) is 4.99. The number of nitrogens with one attached hydrogen (secondary N) is 1. The highest BCUT2D eigenvalue weighted by Gasteiger charge is 2.26. The molecule has 3 N–H and O–H groups in total. The molecule has 0 spiro atoms. The van der Waals surface area contributed by atoms with Crippen LogP contribution in [-0.2, 0) is 10.0 Å². The summed E-state index contributed by atoms with van der Waals surface area (Å²) in [5, 5.41) is 3.06. The van der Waals surface area contributed by atoms with Gasteiger partial charge in [0, 0.05) is 24.7 Å². The third-order valence-corrected chi connectivity index (χ3v) is 7.05. The van der Waals surface area contributed by atoms with Crippen molar-refractivity contribution in [2.24, 2.45) is 11.7 Å². The minimum atomic E-state index is -3.50. The van der Waals surface area contributed by atoms with Crippen molar-refractivity contribution in [3.63, 3.8) is 0 Å². The van der Waals surface area contributed by atoms with Crippen molar-refractivity contribution in [3.05, 3.63) is 29.8 Å². The molecule has 0 heterocycles. The predicted molar refractivity (Wildman–Crippen MR) is 98.8 cm³/mol. The van der Waals surface area contributed by atoms with Crippen molar-refractivity contribution in [1.29, 1.82) is 0 Å². The van der Waals surface area contributed by atoms with E-state index in [2.05, 4.69) is 5.32 Å². The molecule has 0 aliphatic heterocycles. The highest BCUT2D eigenvalue weighted by molar-refractivity contribution is 7.89. The number of carbonyl (C=O) groups excluding carboxylic acids is 1. The maximum Gasteiger partial charge on any atom is 0.251 e. The molecule has 2 atom stereocenters. The summed E-state index contributed by atoms with van der Waals surface area (Å²) >= 11 is 0. The fourth-order valence-electron chi connectivity index (χ4n) is 3.42. The molecule has 0 aromatic heterocycles. The van der Waals surface area contributed by atoms with Crippen molar-refractivity contribution in [1.82, 2.24) is 9.62 Å². The van der Waals surface area contributed by atoms with Gasteiger partial charge >= 0.3 is 0 Å². The average molecular weight is 368 g/mol. The molecule has 1 aliphatic rings. The molecular formula is C18H29N3O3S. The van der Waals surface area contributed by atoms with Crippen LogP contribution in [-0.4, -0.2) is 44.3 Å². The number of hydrogen-bond acceptors (Lipinski definition) is 4. The Bertz CT molecular complexity index is 669. The van der Waals surface area contributed by atoms with E-state index < -0.39 is 10.0 Å². The molecule has 0 saturated heterocycles. The van der Waals surface area contributed by atoms with Crippen LogP contribution >= 0.6 is 0 Å². The number of hydrogen-bond donors (Lipinski definition) is 2. The van der Waals surface area contributed by atoms with E-state index in [1.807, 2.05) is 0 Å². The number of nitrogens with zero attached hydrogens (tertiary/aromatic N) is 1. The van der Waals surface area contributed by atoms with Gasteiger partial charge in [0.2, 0.25) is 10.0 Å². The second kappa shape index (κ2) is 8.78. The van der Waals surface area contributed by atoms with Crippen LogP contribution in [0.3, 0.4) is 0 Å². The van der Waals surface area contributed by atoms with Gasteiger partial charge < -0.3 is 11.1 Å². The van der Waals surface area contributed by atoms with Crippen molar-refractivity contribution in [3.8, 4) is 0 Å². The minimum Gasteiger partial charge on any atom is -0.349 e. The van der Waals surface area contributed by atoms with Gasteiger partial charge in [0.15, 0.2) is 0 Å². The number of rotatable bonds is 7. The van der Waals surface area contributed by atoms with Gasteiger partial charge in [0.25, 0.3) is 5.91 Å². The van der Waals surface area contributed by atoms with E-state index in [1.54, 1.807) is 26.0 Å². The molecule has 140 valence electrons. The zero-order valence-electron chi connectivity index (χ0n) is 15.1. The van der Waals surface area contributed by atoms with E-state index in [0.29, 0.717) is 31.1 Å². The van der Waals surface area contributed by atoms with E-state index in [9.17, 15) is 13.2 Å². The molecule has 1 aliphatic carbocycles. The van der Waals surface area contributed by atoms with E-state index in [0.717, 1.165) is 25.7 Å². The zero-order valence-corrected chi connectivity index (χ0v) is 15.9. The van der Waals surface area contributed by atoms with Gasteiger partial charge in [-0.05, 0) is 49.6 Å². The first-order valence-electron chi connectivity index (χ1n) is 9.05. The molecule has 7 heteroatoms. The topological polar surface area (TPSA) is 92.5 Å². The second-order valence-corrected chi connectivity index (χ2v) is 8.41. The van der Waals surface area contributed by atoms with Crippen molar-refractivity contribution in [2.75, 3.05) is 19.6 Å². The van der Waals surface area contributed by atoms with Crippen LogP contribution in [0.2, 0.25) is 0 Å². The lowest BCUT2D eigenvalue weighted by atomic mass is 9.84. The van der Waals surface area contributed by atoms with E-state index in [4.69, 9.17) is 5.73 Å². The van der Waals surface area contributed by atoms with Gasteiger partial charge in [-0.3, -0.25) is 4.79 Å². The van der Waals surface area contributed by atoms with Gasteiger partial charge in [-0.25, -0.2) is 8.42 Å². The first-order chi connectivity index (χ1) is 11.9. The Kier molecular flexibility index (Phi) is 6.98. The summed E-state index contributed by atoms with van der Waals surface area (Å²) in [6.45, 7) is 5.03. The SMILES string of the molecule is CCN(CC)S(=O)(=O)c1ccc(C(=O)NC2CCCCC2CN)cc1. The van der Waals surface area contributed by atoms with Gasteiger partial charge in [0.05, 0.1) is 4.90 Å². The van der Waals surface area contributed by atoms with E-state index >= 15 is 0 Å². The molecule has 2 unspecified atom stereocenters. The quantitative estimate of drug-likeness (QED) is 0.770. The molecule has 1 aromatic carbocycles. The Balaban J connectivity index is 2.10. The Morgan fingerprint density at radius 2 is 1.76 bits per heavy atom. The Hall–Kier alpha value is -1.44. The van der Waals surface area contributed by atoms with E-state index in [-0.39, 0.29) is 16.8 Å². The van der Waals surface area contributed by atoms with Crippen LogP contribution in [0.5, 0.6) is 0 Å². The van der Waals surface area contributed by atoms with E-state index in [1.165, 1.54) is 16.4 Å². The maximum absolute atomic E-state index is 12.5. The molecular weight excluding hydrogens is 338 g/mol. The summed E-state index contributed by atoms with van der Waals surface area (Å²) in [7, 11) is -3.50. The van der Waals surface area contributed by atoms with Crippen LogP contribution < -0.4 is 11.1 Å². The van der Waals surface area contributed by atoms with Gasteiger partial charge in [-0.1, -0.05) is 26.7 Å². The van der Waals surface area contributed by atoms with Crippen LogP contribution in [0.1, 0.15) is 49.9 Å². The standard InChI is InChI=1S/C18H29N3O3S/c1-3-21(4-2)25(23,24)16-11-9-14(10-12-16)18(22)20-17-8-6-5-7-15(17)13-19/h9-12,15,17H,3-8,13,19H2,1-2H3,(H,20,22). The molecule has 1 aromatic rings. The zero-order chi connectivity index (χ0) is 18.4. The third kappa shape index (κ3) is 4.59. The van der Waals surface area contributed by atoms with Crippen LogP contribution in [0.15, 0.2) is 29.2 Å². The molecule has 0 radical (unpaired) electrons. The Morgan fingerprint density at radius 3 is 2.32 bits per heavy atom. The van der Waals surface area contributed by atoms with Gasteiger partial charge in [-0.15, -0.1) is 0 Å². The average Bonchev–Trinajstić information content (AvgIpc) is 2.63. The first-order valence-corrected chi connectivity index (χ1v) is 10.5. The number of benzene rings is 1. The predicted octanol–water partition coefficient (Wildman–Crippen LogP) is 1.96. The van der Waals surface area contributed by atoms with Crippen LogP contribution in [0, 0.1) is 5.92 Å². The fraction of sp³-hybridized carbons (Fsp3) is 0.611.